The van der Waals surface area contributed by atoms with E-state index < -0.39 is 0 Å². The first kappa shape index (κ1) is 12.3. The van der Waals surface area contributed by atoms with Crippen molar-refractivity contribution < 1.29 is 4.39 Å². The fourth-order valence-corrected chi connectivity index (χ4v) is 1.98. The number of allylic oxidation sites excluding steroid dienone is 1. The summed E-state index contributed by atoms with van der Waals surface area (Å²) in [5, 5.41) is 5.09. The molecule has 0 aliphatic rings. The summed E-state index contributed by atoms with van der Waals surface area (Å²) in [5.41, 5.74) is 8.88. The third-order valence-corrected chi connectivity index (χ3v) is 3.07. The molecule has 2 aromatic heterocycles. The molecule has 20 heavy (non-hydrogen) atoms. The number of pyridine rings is 1. The van der Waals surface area contributed by atoms with Crippen LogP contribution < -0.4 is 5.73 Å². The Morgan fingerprint density at radius 3 is 2.90 bits per heavy atom. The van der Waals surface area contributed by atoms with Gasteiger partial charge in [0.2, 0.25) is 0 Å². The van der Waals surface area contributed by atoms with Gasteiger partial charge in [0.1, 0.15) is 11.5 Å². The Morgan fingerprint density at radius 1 is 1.35 bits per heavy atom. The van der Waals surface area contributed by atoms with Gasteiger partial charge in [0.15, 0.2) is 5.65 Å². The predicted molar refractivity (Wildman–Crippen MR) is 77.9 cm³/mol. The normalized spacial score (nSPS) is 10.9. The number of rotatable bonds is 2. The highest BCUT2D eigenvalue weighted by atomic mass is 19.1. The van der Waals surface area contributed by atoms with Gasteiger partial charge in [-0.25, -0.2) is 14.1 Å². The Labute approximate surface area is 115 Å². The molecule has 0 saturated carbocycles. The van der Waals surface area contributed by atoms with E-state index in [2.05, 4.69) is 16.7 Å². The van der Waals surface area contributed by atoms with Gasteiger partial charge in [-0.05, 0) is 42.3 Å². The maximum absolute atomic E-state index is 13.8. The van der Waals surface area contributed by atoms with Crippen molar-refractivity contribution in [3.63, 3.8) is 0 Å². The van der Waals surface area contributed by atoms with E-state index in [1.165, 1.54) is 16.8 Å². The molecule has 0 bridgehead atoms. The van der Waals surface area contributed by atoms with Crippen LogP contribution >= 0.6 is 0 Å². The molecule has 0 aliphatic carbocycles. The number of fused-ring (bicyclic) bond motifs is 1. The van der Waals surface area contributed by atoms with Crippen LogP contribution in [-0.2, 0) is 0 Å². The van der Waals surface area contributed by atoms with Gasteiger partial charge >= 0.3 is 0 Å². The fourth-order valence-electron chi connectivity index (χ4n) is 1.98. The first-order valence-electron chi connectivity index (χ1n) is 6.11. The Bertz CT molecular complexity index is 820. The zero-order chi connectivity index (χ0) is 14.3. The smallest absolute Gasteiger partial charge is 0.181 e. The maximum Gasteiger partial charge on any atom is 0.181 e. The number of nitrogen functional groups attached to an aromatic ring is 1. The lowest BCUT2D eigenvalue weighted by molar-refractivity contribution is 0.612. The largest absolute Gasteiger partial charge is 0.399 e. The van der Waals surface area contributed by atoms with Crippen LogP contribution in [0.25, 0.3) is 22.3 Å². The lowest BCUT2D eigenvalue weighted by atomic mass is 10.1. The summed E-state index contributed by atoms with van der Waals surface area (Å²) >= 11 is 0. The number of halogens is 1. The molecule has 100 valence electrons. The first-order chi connectivity index (χ1) is 9.54. The number of nitrogens with zero attached hydrogens (tertiary/aromatic N) is 3. The summed E-state index contributed by atoms with van der Waals surface area (Å²) < 4.78 is 15.3. The highest BCUT2D eigenvalue weighted by Gasteiger charge is 2.09. The Morgan fingerprint density at radius 2 is 2.15 bits per heavy atom. The van der Waals surface area contributed by atoms with Crippen LogP contribution in [0.1, 0.15) is 12.5 Å². The Kier molecular flexibility index (Phi) is 2.75. The van der Waals surface area contributed by atoms with Crippen molar-refractivity contribution >= 4 is 22.3 Å². The van der Waals surface area contributed by atoms with Gasteiger partial charge in [0.25, 0.3) is 0 Å². The van der Waals surface area contributed by atoms with E-state index in [0.717, 1.165) is 16.5 Å². The fraction of sp³-hybridized carbons (Fsp3) is 0.0667. The topological polar surface area (TPSA) is 56.7 Å². The van der Waals surface area contributed by atoms with Crippen molar-refractivity contribution in [3.8, 4) is 5.69 Å². The van der Waals surface area contributed by atoms with Crippen LogP contribution in [0.4, 0.5) is 10.1 Å². The standard InChI is InChI=1S/C15H13FN4/c1-9(2)10-5-11-8-20(19-15(11)18-7-10)14-6-12(17)3-4-13(14)16/h3-8H,1,17H2,2H3. The summed E-state index contributed by atoms with van der Waals surface area (Å²) in [6.07, 6.45) is 3.43. The molecule has 0 fully saturated rings. The van der Waals surface area contributed by atoms with Crippen LogP contribution in [0.15, 0.2) is 43.2 Å². The van der Waals surface area contributed by atoms with E-state index in [4.69, 9.17) is 5.73 Å². The van der Waals surface area contributed by atoms with E-state index in [1.807, 2.05) is 13.0 Å². The third-order valence-electron chi connectivity index (χ3n) is 3.07. The molecule has 0 radical (unpaired) electrons. The number of hydrogen-bond acceptors (Lipinski definition) is 3. The molecule has 2 N–H and O–H groups in total. The van der Waals surface area contributed by atoms with E-state index in [0.29, 0.717) is 17.0 Å². The zero-order valence-electron chi connectivity index (χ0n) is 11.0. The molecular formula is C15H13FN4. The molecular weight excluding hydrogens is 255 g/mol. The molecule has 3 rings (SSSR count). The van der Waals surface area contributed by atoms with Crippen LogP contribution in [0, 0.1) is 5.82 Å². The minimum absolute atomic E-state index is 0.305. The summed E-state index contributed by atoms with van der Waals surface area (Å²) in [6.45, 7) is 5.79. The molecule has 0 saturated heterocycles. The summed E-state index contributed by atoms with van der Waals surface area (Å²) in [7, 11) is 0. The van der Waals surface area contributed by atoms with E-state index >= 15 is 0 Å². The molecule has 5 heteroatoms. The maximum atomic E-state index is 13.8. The number of benzene rings is 1. The second kappa shape index (κ2) is 4.45. The number of aromatic nitrogens is 3. The molecule has 0 amide bonds. The van der Waals surface area contributed by atoms with Crippen LogP contribution in [0.2, 0.25) is 0 Å². The van der Waals surface area contributed by atoms with Gasteiger partial charge in [-0.3, -0.25) is 0 Å². The second-order valence-electron chi connectivity index (χ2n) is 4.70. The molecule has 1 aromatic carbocycles. The van der Waals surface area contributed by atoms with Gasteiger partial charge < -0.3 is 5.73 Å². The highest BCUT2D eigenvalue weighted by Crippen LogP contribution is 2.21. The van der Waals surface area contributed by atoms with Crippen LogP contribution in [0.3, 0.4) is 0 Å². The molecule has 0 spiro atoms. The van der Waals surface area contributed by atoms with Crippen molar-refractivity contribution in [2.75, 3.05) is 5.73 Å². The molecule has 0 atom stereocenters. The molecule has 3 aromatic rings. The molecule has 0 unspecified atom stereocenters. The molecule has 2 heterocycles. The van der Waals surface area contributed by atoms with Gasteiger partial charge in [0.05, 0.1) is 0 Å². The summed E-state index contributed by atoms with van der Waals surface area (Å²) in [4.78, 5) is 4.25. The van der Waals surface area contributed by atoms with Gasteiger partial charge in [-0.1, -0.05) is 6.58 Å². The summed E-state index contributed by atoms with van der Waals surface area (Å²) in [6, 6.07) is 6.31. The van der Waals surface area contributed by atoms with E-state index in [9.17, 15) is 4.39 Å². The minimum Gasteiger partial charge on any atom is -0.399 e. The van der Waals surface area contributed by atoms with Crippen molar-refractivity contribution in [3.05, 3.63) is 54.6 Å². The first-order valence-corrected chi connectivity index (χ1v) is 6.11. The molecule has 0 aliphatic heterocycles. The van der Waals surface area contributed by atoms with E-state index in [1.54, 1.807) is 18.5 Å². The quantitative estimate of drug-likeness (QED) is 0.726. The predicted octanol–water partition coefficient (Wildman–Crippen LogP) is 3.17. The lowest BCUT2D eigenvalue weighted by Gasteiger charge is -2.03. The van der Waals surface area contributed by atoms with E-state index in [-0.39, 0.29) is 5.82 Å². The SMILES string of the molecule is C=C(C)c1cnc2nn(-c3cc(N)ccc3F)cc2c1. The van der Waals surface area contributed by atoms with Gasteiger partial charge in [-0.2, -0.15) is 0 Å². The van der Waals surface area contributed by atoms with Crippen LogP contribution in [-0.4, -0.2) is 14.8 Å². The highest BCUT2D eigenvalue weighted by molar-refractivity contribution is 5.79. The average Bonchev–Trinajstić information content (AvgIpc) is 2.83. The zero-order valence-corrected chi connectivity index (χ0v) is 11.0. The Balaban J connectivity index is 2.17. The monoisotopic (exact) mass is 268 g/mol. The second-order valence-corrected chi connectivity index (χ2v) is 4.70. The van der Waals surface area contributed by atoms with Crippen molar-refractivity contribution in [2.24, 2.45) is 0 Å². The van der Waals surface area contributed by atoms with Crippen molar-refractivity contribution in [1.82, 2.24) is 14.8 Å². The third kappa shape index (κ3) is 2.03. The van der Waals surface area contributed by atoms with Crippen LogP contribution in [0.5, 0.6) is 0 Å². The average molecular weight is 268 g/mol. The number of nitrogens with two attached hydrogens (primary N) is 1. The van der Waals surface area contributed by atoms with Crippen molar-refractivity contribution in [1.29, 1.82) is 0 Å². The Hall–Kier alpha value is -2.69. The van der Waals surface area contributed by atoms with Gasteiger partial charge in [-0.15, -0.1) is 5.10 Å². The summed E-state index contributed by atoms with van der Waals surface area (Å²) in [5.74, 6) is -0.382. The lowest BCUT2D eigenvalue weighted by Crippen LogP contribution is -1.99. The van der Waals surface area contributed by atoms with Crippen molar-refractivity contribution in [2.45, 2.75) is 6.92 Å². The molecule has 4 nitrogen and oxygen atoms in total. The number of anilines is 1. The van der Waals surface area contributed by atoms with Gasteiger partial charge in [0, 0.05) is 23.5 Å². The number of hydrogen-bond donors (Lipinski definition) is 1. The minimum atomic E-state index is -0.382.